The number of benzene rings is 1. The van der Waals surface area contributed by atoms with E-state index in [0.717, 1.165) is 5.56 Å². The molecule has 0 saturated carbocycles. The SMILES string of the molecule is CC(C)C(NC(=O)C(CC(N)=O)NC(=O)C1CCCN1C(=O)C(N)Cc1ccc(O)cc1)C(=O)O. The summed E-state index contributed by atoms with van der Waals surface area (Å²) in [6, 6.07) is 1.79. The number of primary amides is 1. The van der Waals surface area contributed by atoms with Gasteiger partial charge in [0, 0.05) is 6.54 Å². The number of carboxylic acids is 1. The Balaban J connectivity index is 2.09. The minimum Gasteiger partial charge on any atom is -0.508 e. The molecule has 1 saturated heterocycles. The van der Waals surface area contributed by atoms with Crippen LogP contribution in [0.2, 0.25) is 0 Å². The third-order valence-electron chi connectivity index (χ3n) is 5.82. The highest BCUT2D eigenvalue weighted by Crippen LogP contribution is 2.20. The number of aromatic hydroxyl groups is 1. The number of nitrogens with zero attached hydrogens (tertiary/aromatic N) is 1. The first-order valence-electron chi connectivity index (χ1n) is 11.4. The molecule has 4 atom stereocenters. The molecule has 1 aliphatic heterocycles. The fourth-order valence-corrected chi connectivity index (χ4v) is 3.94. The van der Waals surface area contributed by atoms with E-state index in [-0.39, 0.29) is 12.2 Å². The Labute approximate surface area is 203 Å². The molecule has 1 aliphatic rings. The lowest BCUT2D eigenvalue weighted by atomic mass is 10.0. The minimum atomic E-state index is -1.40. The Morgan fingerprint density at radius 1 is 1.11 bits per heavy atom. The van der Waals surface area contributed by atoms with Crippen molar-refractivity contribution < 1.29 is 34.2 Å². The van der Waals surface area contributed by atoms with Gasteiger partial charge in [-0.25, -0.2) is 4.79 Å². The van der Waals surface area contributed by atoms with Crippen molar-refractivity contribution >= 4 is 29.6 Å². The van der Waals surface area contributed by atoms with Gasteiger partial charge in [0.2, 0.25) is 23.6 Å². The van der Waals surface area contributed by atoms with Gasteiger partial charge in [-0.2, -0.15) is 0 Å². The van der Waals surface area contributed by atoms with Crippen LogP contribution in [0.15, 0.2) is 24.3 Å². The molecule has 1 aromatic carbocycles. The molecular weight excluding hydrogens is 458 g/mol. The van der Waals surface area contributed by atoms with Crippen molar-refractivity contribution in [3.8, 4) is 5.75 Å². The Morgan fingerprint density at radius 3 is 2.29 bits per heavy atom. The molecule has 1 heterocycles. The zero-order chi connectivity index (χ0) is 26.3. The lowest BCUT2D eigenvalue weighted by Gasteiger charge is -2.28. The molecule has 12 nitrogen and oxygen atoms in total. The maximum absolute atomic E-state index is 13.0. The van der Waals surface area contributed by atoms with E-state index in [4.69, 9.17) is 11.5 Å². The van der Waals surface area contributed by atoms with Crippen LogP contribution in [0.3, 0.4) is 0 Å². The maximum atomic E-state index is 13.0. The number of carbonyl (C=O) groups is 5. The second kappa shape index (κ2) is 12.2. The first-order valence-corrected chi connectivity index (χ1v) is 11.4. The molecule has 4 unspecified atom stereocenters. The number of nitrogens with one attached hydrogen (secondary N) is 2. The Kier molecular flexibility index (Phi) is 9.58. The lowest BCUT2D eigenvalue weighted by molar-refractivity contribution is -0.144. The monoisotopic (exact) mass is 491 g/mol. The number of rotatable bonds is 11. The van der Waals surface area contributed by atoms with Crippen LogP contribution in [0.1, 0.15) is 38.7 Å². The van der Waals surface area contributed by atoms with E-state index in [1.54, 1.807) is 26.0 Å². The fraction of sp³-hybridized carbons (Fsp3) is 0.522. The normalized spacial score (nSPS) is 17.9. The number of likely N-dealkylation sites (tertiary alicyclic amines) is 1. The summed E-state index contributed by atoms with van der Waals surface area (Å²) in [7, 11) is 0. The second-order valence-corrected chi connectivity index (χ2v) is 8.97. The standard InChI is InChI=1S/C23H33N5O7/c1-12(2)19(23(34)35)27-20(31)16(11-18(25)30)26-21(32)17-4-3-9-28(17)22(33)15(24)10-13-5-7-14(29)8-6-13/h5-8,12,15-17,19,29H,3-4,9-11,24H2,1-2H3,(H2,25,30)(H,26,32)(H,27,31)(H,34,35). The maximum Gasteiger partial charge on any atom is 0.326 e. The molecule has 2 rings (SSSR count). The molecule has 0 aromatic heterocycles. The van der Waals surface area contributed by atoms with Crippen molar-refractivity contribution in [2.24, 2.45) is 17.4 Å². The average Bonchev–Trinajstić information content (AvgIpc) is 3.27. The number of carbonyl (C=O) groups excluding carboxylic acids is 4. The number of nitrogens with two attached hydrogens (primary N) is 2. The van der Waals surface area contributed by atoms with Crippen LogP contribution in [0, 0.1) is 5.92 Å². The number of phenolic OH excluding ortho intramolecular Hbond substituents is 1. The third kappa shape index (κ3) is 7.67. The molecule has 1 aromatic rings. The first kappa shape index (κ1) is 27.6. The predicted octanol–water partition coefficient (Wildman–Crippen LogP) is -1.16. The van der Waals surface area contributed by atoms with E-state index in [1.165, 1.54) is 17.0 Å². The lowest BCUT2D eigenvalue weighted by Crippen LogP contribution is -2.58. The van der Waals surface area contributed by atoms with Gasteiger partial charge in [-0.05, 0) is 42.9 Å². The van der Waals surface area contributed by atoms with Crippen LogP contribution in [0.25, 0.3) is 0 Å². The molecule has 4 amide bonds. The molecule has 0 aliphatic carbocycles. The van der Waals surface area contributed by atoms with Gasteiger partial charge in [0.15, 0.2) is 0 Å². The highest BCUT2D eigenvalue weighted by molar-refractivity contribution is 5.96. The van der Waals surface area contributed by atoms with Crippen LogP contribution < -0.4 is 22.1 Å². The summed E-state index contributed by atoms with van der Waals surface area (Å²) < 4.78 is 0. The predicted molar refractivity (Wildman–Crippen MR) is 125 cm³/mol. The number of phenols is 1. The summed E-state index contributed by atoms with van der Waals surface area (Å²) in [5.74, 6) is -4.45. The summed E-state index contributed by atoms with van der Waals surface area (Å²) >= 11 is 0. The van der Waals surface area contributed by atoms with Crippen LogP contribution in [0.4, 0.5) is 0 Å². The summed E-state index contributed by atoms with van der Waals surface area (Å²) in [6.45, 7) is 3.50. The van der Waals surface area contributed by atoms with Crippen molar-refractivity contribution in [3.05, 3.63) is 29.8 Å². The minimum absolute atomic E-state index is 0.0857. The van der Waals surface area contributed by atoms with E-state index in [1.807, 2.05) is 0 Å². The molecule has 1 fully saturated rings. The fourth-order valence-electron chi connectivity index (χ4n) is 3.94. The van der Waals surface area contributed by atoms with Crippen LogP contribution >= 0.6 is 0 Å². The summed E-state index contributed by atoms with van der Waals surface area (Å²) in [5.41, 5.74) is 12.1. The highest BCUT2D eigenvalue weighted by atomic mass is 16.4. The Hall–Kier alpha value is -3.67. The van der Waals surface area contributed by atoms with Gasteiger partial charge < -0.3 is 37.2 Å². The van der Waals surface area contributed by atoms with Crippen molar-refractivity contribution in [2.75, 3.05) is 6.54 Å². The van der Waals surface area contributed by atoms with E-state index >= 15 is 0 Å². The molecule has 8 N–H and O–H groups in total. The quantitative estimate of drug-likeness (QED) is 0.222. The molecule has 192 valence electrons. The molecule has 0 spiro atoms. The Morgan fingerprint density at radius 2 is 1.74 bits per heavy atom. The van der Waals surface area contributed by atoms with Crippen LogP contribution in [-0.2, 0) is 30.4 Å². The van der Waals surface area contributed by atoms with Gasteiger partial charge in [0.05, 0.1) is 12.5 Å². The number of amides is 4. The van der Waals surface area contributed by atoms with Gasteiger partial charge >= 0.3 is 5.97 Å². The summed E-state index contributed by atoms with van der Waals surface area (Å²) in [5, 5.41) is 23.5. The topological polar surface area (TPSA) is 205 Å². The van der Waals surface area contributed by atoms with Gasteiger partial charge in [-0.1, -0.05) is 26.0 Å². The number of hydrogen-bond donors (Lipinski definition) is 6. The zero-order valence-corrected chi connectivity index (χ0v) is 19.8. The number of hydrogen-bond acceptors (Lipinski definition) is 7. The van der Waals surface area contributed by atoms with E-state index in [9.17, 15) is 34.2 Å². The van der Waals surface area contributed by atoms with Crippen LogP contribution in [0.5, 0.6) is 5.75 Å². The second-order valence-electron chi connectivity index (χ2n) is 8.97. The van der Waals surface area contributed by atoms with E-state index < -0.39 is 66.1 Å². The van der Waals surface area contributed by atoms with E-state index in [0.29, 0.717) is 19.4 Å². The highest BCUT2D eigenvalue weighted by Gasteiger charge is 2.38. The third-order valence-corrected chi connectivity index (χ3v) is 5.82. The zero-order valence-electron chi connectivity index (χ0n) is 19.8. The van der Waals surface area contributed by atoms with Crippen molar-refractivity contribution in [2.45, 2.75) is 63.7 Å². The van der Waals surface area contributed by atoms with Gasteiger partial charge in [-0.3, -0.25) is 19.2 Å². The molecular formula is C23H33N5O7. The van der Waals surface area contributed by atoms with Crippen molar-refractivity contribution in [1.82, 2.24) is 15.5 Å². The first-order chi connectivity index (χ1) is 16.4. The summed E-state index contributed by atoms with van der Waals surface area (Å²) in [4.78, 5) is 62.9. The molecule has 0 bridgehead atoms. The number of aliphatic carboxylic acids is 1. The molecule has 35 heavy (non-hydrogen) atoms. The van der Waals surface area contributed by atoms with Gasteiger partial charge in [0.1, 0.15) is 23.9 Å². The van der Waals surface area contributed by atoms with Gasteiger partial charge in [0.25, 0.3) is 0 Å². The van der Waals surface area contributed by atoms with E-state index in [2.05, 4.69) is 10.6 Å². The average molecular weight is 492 g/mol. The smallest absolute Gasteiger partial charge is 0.326 e. The van der Waals surface area contributed by atoms with Crippen LogP contribution in [-0.4, -0.2) is 75.4 Å². The Bertz CT molecular complexity index is 950. The molecule has 0 radical (unpaired) electrons. The molecule has 12 heteroatoms. The van der Waals surface area contributed by atoms with Crippen molar-refractivity contribution in [3.63, 3.8) is 0 Å². The van der Waals surface area contributed by atoms with Crippen molar-refractivity contribution in [1.29, 1.82) is 0 Å². The summed E-state index contributed by atoms with van der Waals surface area (Å²) in [6.07, 6.45) is 0.528. The largest absolute Gasteiger partial charge is 0.508 e. The number of carboxylic acid groups (broad SMARTS) is 1. The van der Waals surface area contributed by atoms with Gasteiger partial charge in [-0.15, -0.1) is 0 Å².